The Morgan fingerprint density at radius 1 is 1.03 bits per heavy atom. The molecular formula is C20H37N3O5S. The van der Waals surface area contributed by atoms with Crippen LogP contribution in [0.3, 0.4) is 0 Å². The van der Waals surface area contributed by atoms with Crippen molar-refractivity contribution in [2.24, 2.45) is 11.8 Å². The van der Waals surface area contributed by atoms with Gasteiger partial charge in [-0.1, -0.05) is 26.7 Å². The third kappa shape index (κ3) is 5.49. The van der Waals surface area contributed by atoms with Crippen LogP contribution in [0.1, 0.15) is 52.4 Å². The van der Waals surface area contributed by atoms with Gasteiger partial charge in [0.1, 0.15) is 11.4 Å². The van der Waals surface area contributed by atoms with Crippen molar-refractivity contribution in [1.82, 2.24) is 14.1 Å². The number of likely N-dealkylation sites (N-methyl/N-ethyl adjacent to an activating group) is 1. The molecule has 2 rings (SSSR count). The molecule has 2 aliphatic heterocycles. The van der Waals surface area contributed by atoms with Gasteiger partial charge in [-0.25, -0.2) is 17.5 Å². The summed E-state index contributed by atoms with van der Waals surface area (Å²) in [6.07, 6.45) is 4.64. The number of esters is 1. The number of carbonyl (C=O) groups is 2. The first-order valence-corrected chi connectivity index (χ1v) is 12.1. The number of sulfonamides is 1. The van der Waals surface area contributed by atoms with Crippen molar-refractivity contribution in [2.75, 3.05) is 40.8 Å². The zero-order valence-electron chi connectivity index (χ0n) is 18.5. The Balaban J connectivity index is 2.02. The van der Waals surface area contributed by atoms with Gasteiger partial charge in [0.05, 0.1) is 7.11 Å². The van der Waals surface area contributed by atoms with Gasteiger partial charge in [0, 0.05) is 26.1 Å². The average molecular weight is 432 g/mol. The van der Waals surface area contributed by atoms with E-state index in [0.717, 1.165) is 25.8 Å². The van der Waals surface area contributed by atoms with E-state index in [1.165, 1.54) is 12.0 Å². The van der Waals surface area contributed by atoms with E-state index in [9.17, 15) is 18.0 Å². The monoisotopic (exact) mass is 431 g/mol. The molecule has 0 aromatic rings. The summed E-state index contributed by atoms with van der Waals surface area (Å²) in [4.78, 5) is 28.5. The number of hydrogen-bond acceptors (Lipinski definition) is 6. The molecule has 8 nitrogen and oxygen atoms in total. The van der Waals surface area contributed by atoms with E-state index in [2.05, 4.69) is 0 Å². The Labute approximate surface area is 175 Å². The van der Waals surface area contributed by atoms with Gasteiger partial charge in [-0.3, -0.25) is 9.69 Å². The molecule has 2 heterocycles. The van der Waals surface area contributed by atoms with Crippen LogP contribution in [0, 0.1) is 11.8 Å². The van der Waals surface area contributed by atoms with E-state index in [-0.39, 0.29) is 17.7 Å². The highest BCUT2D eigenvalue weighted by molar-refractivity contribution is 7.89. The van der Waals surface area contributed by atoms with Crippen molar-refractivity contribution in [3.63, 3.8) is 0 Å². The summed E-state index contributed by atoms with van der Waals surface area (Å²) in [5, 5.41) is -0.468. The summed E-state index contributed by atoms with van der Waals surface area (Å²) in [5.41, 5.74) is 0. The zero-order chi connectivity index (χ0) is 21.8. The lowest BCUT2D eigenvalue weighted by atomic mass is 9.94. The number of amides is 1. The summed E-state index contributed by atoms with van der Waals surface area (Å²) < 4.78 is 32.8. The van der Waals surface area contributed by atoms with E-state index in [0.29, 0.717) is 32.4 Å². The lowest BCUT2D eigenvalue weighted by Gasteiger charge is -2.37. The molecule has 0 saturated carbocycles. The van der Waals surface area contributed by atoms with Crippen LogP contribution in [-0.2, 0) is 24.3 Å². The average Bonchev–Trinajstić information content (AvgIpc) is 2.91. The molecule has 2 saturated heterocycles. The molecule has 9 heteroatoms. The van der Waals surface area contributed by atoms with Gasteiger partial charge in [0.25, 0.3) is 0 Å². The molecular weight excluding hydrogens is 394 g/mol. The van der Waals surface area contributed by atoms with Gasteiger partial charge in [-0.15, -0.1) is 0 Å². The number of ether oxygens (including phenoxy) is 1. The maximum Gasteiger partial charge on any atom is 0.328 e. The largest absolute Gasteiger partial charge is 0.467 e. The van der Waals surface area contributed by atoms with Gasteiger partial charge in [0.15, 0.2) is 0 Å². The van der Waals surface area contributed by atoms with Crippen LogP contribution in [0.4, 0.5) is 0 Å². The van der Waals surface area contributed by atoms with E-state index >= 15 is 0 Å². The number of piperidine rings is 1. The third-order valence-corrected chi connectivity index (χ3v) is 8.67. The third-order valence-electron chi connectivity index (χ3n) is 6.30. The van der Waals surface area contributed by atoms with Crippen molar-refractivity contribution in [1.29, 1.82) is 0 Å². The number of nitrogens with zero attached hydrogens (tertiary/aromatic N) is 3. The van der Waals surface area contributed by atoms with Gasteiger partial charge >= 0.3 is 5.97 Å². The Hall–Kier alpha value is -1.19. The SMILES string of the molecule is COC(=O)[C@H](C(C)C)N(C)C(=O)C1CCN(S(=O)(=O)[C@H]2CCCCCN2C)CC1. The van der Waals surface area contributed by atoms with Crippen LogP contribution < -0.4 is 0 Å². The van der Waals surface area contributed by atoms with Crippen LogP contribution in [0.5, 0.6) is 0 Å². The summed E-state index contributed by atoms with van der Waals surface area (Å²) in [6, 6.07) is -0.631. The molecule has 1 amide bonds. The minimum absolute atomic E-state index is 0.0670. The Bertz CT molecular complexity index is 674. The molecule has 0 spiro atoms. The topological polar surface area (TPSA) is 87.2 Å². The van der Waals surface area contributed by atoms with Crippen molar-refractivity contribution < 1.29 is 22.7 Å². The summed E-state index contributed by atoms with van der Waals surface area (Å²) in [6.45, 7) is 5.25. The lowest BCUT2D eigenvalue weighted by molar-refractivity contribution is -0.155. The highest BCUT2D eigenvalue weighted by atomic mass is 32.2. The molecule has 0 N–H and O–H groups in total. The van der Waals surface area contributed by atoms with Crippen LogP contribution in [-0.4, -0.2) is 86.7 Å². The fourth-order valence-electron chi connectivity index (χ4n) is 4.55. The summed E-state index contributed by atoms with van der Waals surface area (Å²) >= 11 is 0. The van der Waals surface area contributed by atoms with Crippen molar-refractivity contribution in [3.8, 4) is 0 Å². The predicted octanol–water partition coefficient (Wildman–Crippen LogP) is 1.52. The zero-order valence-corrected chi connectivity index (χ0v) is 19.3. The van der Waals surface area contributed by atoms with Gasteiger partial charge in [-0.2, -0.15) is 0 Å². The molecule has 0 unspecified atom stereocenters. The highest BCUT2D eigenvalue weighted by Gasteiger charge is 2.40. The number of carbonyl (C=O) groups excluding carboxylic acids is 2. The number of rotatable bonds is 6. The van der Waals surface area contributed by atoms with Crippen LogP contribution in [0.25, 0.3) is 0 Å². The Kier molecular flexibility index (Phi) is 8.48. The van der Waals surface area contributed by atoms with Gasteiger partial charge in [-0.05, 0) is 45.2 Å². The number of likely N-dealkylation sites (tertiary alicyclic amines) is 1. The molecule has 0 aromatic heterocycles. The van der Waals surface area contributed by atoms with E-state index in [1.807, 2.05) is 25.8 Å². The summed E-state index contributed by atoms with van der Waals surface area (Å²) in [5.74, 6) is -0.878. The summed E-state index contributed by atoms with van der Waals surface area (Å²) in [7, 11) is 1.43. The molecule has 0 aromatic carbocycles. The Morgan fingerprint density at radius 2 is 1.66 bits per heavy atom. The highest BCUT2D eigenvalue weighted by Crippen LogP contribution is 2.28. The van der Waals surface area contributed by atoms with Crippen molar-refractivity contribution >= 4 is 21.9 Å². The van der Waals surface area contributed by atoms with Crippen LogP contribution in [0.2, 0.25) is 0 Å². The molecule has 29 heavy (non-hydrogen) atoms. The van der Waals surface area contributed by atoms with Crippen molar-refractivity contribution in [2.45, 2.75) is 63.8 Å². The van der Waals surface area contributed by atoms with Crippen LogP contribution >= 0.6 is 0 Å². The molecule has 2 aliphatic rings. The molecule has 0 bridgehead atoms. The van der Waals surface area contributed by atoms with Gasteiger partial charge < -0.3 is 9.64 Å². The lowest BCUT2D eigenvalue weighted by Crippen LogP contribution is -2.52. The first-order valence-electron chi connectivity index (χ1n) is 10.6. The second-order valence-corrected chi connectivity index (χ2v) is 10.8. The smallest absolute Gasteiger partial charge is 0.328 e. The number of hydrogen-bond donors (Lipinski definition) is 0. The second-order valence-electron chi connectivity index (χ2n) is 8.66. The maximum atomic E-state index is 13.2. The van der Waals surface area contributed by atoms with E-state index in [1.54, 1.807) is 11.4 Å². The molecule has 0 radical (unpaired) electrons. The van der Waals surface area contributed by atoms with Crippen molar-refractivity contribution in [3.05, 3.63) is 0 Å². The minimum atomic E-state index is -3.41. The molecule has 0 aliphatic carbocycles. The predicted molar refractivity (Wildman–Crippen MR) is 112 cm³/mol. The second kappa shape index (κ2) is 10.2. The fraction of sp³-hybridized carbons (Fsp3) is 0.900. The normalized spacial score (nSPS) is 24.1. The molecule has 2 atom stereocenters. The maximum absolute atomic E-state index is 13.2. The molecule has 2 fully saturated rings. The Morgan fingerprint density at radius 3 is 2.21 bits per heavy atom. The van der Waals surface area contributed by atoms with E-state index in [4.69, 9.17) is 4.74 Å². The standard InChI is InChI=1S/C20H37N3O5S/c1-15(2)18(20(25)28-5)22(4)19(24)16-10-13-23(14-11-16)29(26,27)17-9-7-6-8-12-21(17)3/h15-18H,6-14H2,1-5H3/t17-,18-/m0/s1. The van der Waals surface area contributed by atoms with Crippen LogP contribution in [0.15, 0.2) is 0 Å². The van der Waals surface area contributed by atoms with E-state index < -0.39 is 27.4 Å². The first kappa shape index (κ1) is 24.1. The minimum Gasteiger partial charge on any atom is -0.467 e. The quantitative estimate of drug-likeness (QED) is 0.593. The first-order chi connectivity index (χ1) is 13.6. The molecule has 168 valence electrons. The number of methoxy groups -OCH3 is 1. The van der Waals surface area contributed by atoms with Gasteiger partial charge in [0.2, 0.25) is 15.9 Å². The fourth-order valence-corrected chi connectivity index (χ4v) is 6.64.